The molecule has 2 aliphatic heterocycles. The van der Waals surface area contributed by atoms with Crippen LogP contribution in [0.25, 0.3) is 0 Å². The Labute approximate surface area is 121 Å². The number of nitrogens with zero attached hydrogens (tertiary/aromatic N) is 2. The summed E-state index contributed by atoms with van der Waals surface area (Å²) < 4.78 is 5.28. The van der Waals surface area contributed by atoms with Crippen molar-refractivity contribution in [2.45, 2.75) is 38.3 Å². The van der Waals surface area contributed by atoms with Crippen LogP contribution >= 0.6 is 0 Å². The minimum absolute atomic E-state index is 0.0555. The zero-order valence-corrected chi connectivity index (χ0v) is 12.5. The number of carbonyl (C=O) groups is 1. The van der Waals surface area contributed by atoms with Gasteiger partial charge in [-0.25, -0.2) is 4.79 Å². The lowest BCUT2D eigenvalue weighted by molar-refractivity contribution is 0.104. The van der Waals surface area contributed by atoms with Crippen molar-refractivity contribution in [2.75, 3.05) is 45.9 Å². The highest BCUT2D eigenvalue weighted by Crippen LogP contribution is 2.11. The zero-order valence-electron chi connectivity index (χ0n) is 12.5. The van der Waals surface area contributed by atoms with Gasteiger partial charge in [-0.3, -0.25) is 4.90 Å². The van der Waals surface area contributed by atoms with Crippen LogP contribution in [0.1, 0.15) is 26.2 Å². The second-order valence-electron chi connectivity index (χ2n) is 5.71. The van der Waals surface area contributed by atoms with Crippen molar-refractivity contribution in [3.05, 3.63) is 0 Å². The zero-order chi connectivity index (χ0) is 14.4. The van der Waals surface area contributed by atoms with E-state index in [4.69, 9.17) is 10.5 Å². The van der Waals surface area contributed by atoms with Crippen LogP contribution in [0.5, 0.6) is 0 Å². The lowest BCUT2D eigenvalue weighted by Crippen LogP contribution is -2.56. The van der Waals surface area contributed by atoms with Crippen LogP contribution < -0.4 is 11.1 Å². The number of urea groups is 1. The molecule has 20 heavy (non-hydrogen) atoms. The van der Waals surface area contributed by atoms with Crippen LogP contribution in [0.3, 0.4) is 0 Å². The van der Waals surface area contributed by atoms with Crippen LogP contribution in [0.2, 0.25) is 0 Å². The summed E-state index contributed by atoms with van der Waals surface area (Å²) in [6.45, 7) is 7.74. The van der Waals surface area contributed by atoms with Gasteiger partial charge in [-0.2, -0.15) is 0 Å². The maximum atomic E-state index is 12.1. The summed E-state index contributed by atoms with van der Waals surface area (Å²) in [4.78, 5) is 16.5. The highest BCUT2D eigenvalue weighted by Gasteiger charge is 2.26. The van der Waals surface area contributed by atoms with Gasteiger partial charge in [-0.15, -0.1) is 0 Å². The molecule has 2 saturated heterocycles. The topological polar surface area (TPSA) is 70.8 Å². The Morgan fingerprint density at radius 2 is 2.15 bits per heavy atom. The van der Waals surface area contributed by atoms with Gasteiger partial charge in [-0.05, 0) is 12.8 Å². The van der Waals surface area contributed by atoms with Crippen molar-refractivity contribution in [1.82, 2.24) is 15.1 Å². The van der Waals surface area contributed by atoms with E-state index in [9.17, 15) is 4.79 Å². The number of carbonyl (C=O) groups excluding carboxylic acids is 1. The van der Waals surface area contributed by atoms with Gasteiger partial charge < -0.3 is 20.7 Å². The molecule has 0 bridgehead atoms. The average molecular weight is 284 g/mol. The third kappa shape index (κ3) is 4.07. The Hall–Kier alpha value is -0.850. The molecular weight excluding hydrogens is 256 g/mol. The Bertz CT molecular complexity index is 300. The average Bonchev–Trinajstić information content (AvgIpc) is 2.98. The molecule has 2 fully saturated rings. The van der Waals surface area contributed by atoms with E-state index in [0.717, 1.165) is 52.0 Å². The fourth-order valence-electron chi connectivity index (χ4n) is 2.99. The summed E-state index contributed by atoms with van der Waals surface area (Å²) in [6, 6.07) is 0.714. The summed E-state index contributed by atoms with van der Waals surface area (Å²) >= 11 is 0. The number of piperazine rings is 1. The van der Waals surface area contributed by atoms with Gasteiger partial charge in [0.25, 0.3) is 0 Å². The molecule has 0 radical (unpaired) electrons. The first-order valence-electron chi connectivity index (χ1n) is 7.82. The summed E-state index contributed by atoms with van der Waals surface area (Å²) in [5.74, 6) is 0. The highest BCUT2D eigenvalue weighted by atomic mass is 16.5. The van der Waals surface area contributed by atoms with Gasteiger partial charge in [0.2, 0.25) is 0 Å². The van der Waals surface area contributed by atoms with E-state index in [1.807, 2.05) is 4.90 Å². The van der Waals surface area contributed by atoms with Crippen LogP contribution in [-0.2, 0) is 4.74 Å². The Morgan fingerprint density at radius 1 is 1.40 bits per heavy atom. The number of nitrogens with two attached hydrogens (primary N) is 1. The lowest BCUT2D eigenvalue weighted by Gasteiger charge is -2.39. The molecular formula is C14H28N4O2. The summed E-state index contributed by atoms with van der Waals surface area (Å²) in [6.07, 6.45) is 3.23. The van der Waals surface area contributed by atoms with E-state index < -0.39 is 0 Å². The maximum Gasteiger partial charge on any atom is 0.317 e. The monoisotopic (exact) mass is 284 g/mol. The van der Waals surface area contributed by atoms with Crippen molar-refractivity contribution in [3.8, 4) is 0 Å². The molecule has 0 aliphatic carbocycles. The van der Waals surface area contributed by atoms with E-state index in [-0.39, 0.29) is 12.1 Å². The van der Waals surface area contributed by atoms with Crippen LogP contribution in [0, 0.1) is 0 Å². The number of amides is 2. The number of ether oxygens (including phenoxy) is 1. The van der Waals surface area contributed by atoms with Gasteiger partial charge in [0.1, 0.15) is 0 Å². The summed E-state index contributed by atoms with van der Waals surface area (Å²) in [5, 5.41) is 3.05. The van der Waals surface area contributed by atoms with Crippen molar-refractivity contribution in [3.63, 3.8) is 0 Å². The van der Waals surface area contributed by atoms with E-state index in [1.165, 1.54) is 0 Å². The minimum Gasteiger partial charge on any atom is -0.379 e. The van der Waals surface area contributed by atoms with Gasteiger partial charge in [-0.1, -0.05) is 13.3 Å². The molecule has 0 saturated carbocycles. The highest BCUT2D eigenvalue weighted by molar-refractivity contribution is 5.74. The minimum atomic E-state index is 0.0555. The van der Waals surface area contributed by atoms with Crippen molar-refractivity contribution < 1.29 is 9.53 Å². The lowest BCUT2D eigenvalue weighted by atomic mass is 10.1. The fraction of sp³-hybridized carbons (Fsp3) is 0.929. The number of hydrogen-bond donors (Lipinski definition) is 2. The second-order valence-corrected chi connectivity index (χ2v) is 5.71. The molecule has 0 aromatic carbocycles. The van der Waals surface area contributed by atoms with Gasteiger partial charge in [0.15, 0.2) is 0 Å². The smallest absolute Gasteiger partial charge is 0.317 e. The Morgan fingerprint density at radius 3 is 2.70 bits per heavy atom. The molecule has 116 valence electrons. The number of hydrogen-bond acceptors (Lipinski definition) is 4. The molecule has 0 spiro atoms. The molecule has 2 unspecified atom stereocenters. The van der Waals surface area contributed by atoms with Crippen molar-refractivity contribution >= 4 is 6.03 Å². The second kappa shape index (κ2) is 7.81. The predicted molar refractivity (Wildman–Crippen MR) is 78.7 cm³/mol. The fourth-order valence-corrected chi connectivity index (χ4v) is 2.99. The van der Waals surface area contributed by atoms with Crippen LogP contribution in [-0.4, -0.2) is 73.9 Å². The third-order valence-electron chi connectivity index (χ3n) is 4.27. The molecule has 2 heterocycles. The molecule has 3 N–H and O–H groups in total. The van der Waals surface area contributed by atoms with Crippen molar-refractivity contribution in [1.29, 1.82) is 0 Å². The Balaban J connectivity index is 1.73. The molecule has 6 heteroatoms. The van der Waals surface area contributed by atoms with Gasteiger partial charge >= 0.3 is 6.03 Å². The molecule has 2 amide bonds. The van der Waals surface area contributed by atoms with E-state index in [2.05, 4.69) is 17.1 Å². The van der Waals surface area contributed by atoms with Gasteiger partial charge in [0, 0.05) is 45.4 Å². The summed E-state index contributed by atoms with van der Waals surface area (Å²) in [7, 11) is 0. The van der Waals surface area contributed by atoms with Crippen LogP contribution in [0.4, 0.5) is 4.79 Å². The molecule has 6 nitrogen and oxygen atoms in total. The quantitative estimate of drug-likeness (QED) is 0.758. The largest absolute Gasteiger partial charge is 0.379 e. The van der Waals surface area contributed by atoms with E-state index in [1.54, 1.807) is 0 Å². The molecule has 2 aliphatic rings. The van der Waals surface area contributed by atoms with E-state index >= 15 is 0 Å². The first-order chi connectivity index (χ1) is 9.74. The standard InChI is InChI=1S/C14H28N4O2/c1-2-3-13(10-15)17-5-7-18(8-6-17)14(19)16-12-4-9-20-11-12/h12-13H,2-11,15H2,1H3,(H,16,19). The molecule has 2 rings (SSSR count). The third-order valence-corrected chi connectivity index (χ3v) is 4.27. The van der Waals surface area contributed by atoms with Gasteiger partial charge in [0.05, 0.1) is 12.6 Å². The molecule has 0 aromatic rings. The Kier molecular flexibility index (Phi) is 6.06. The molecule has 0 aromatic heterocycles. The maximum absolute atomic E-state index is 12.1. The summed E-state index contributed by atoms with van der Waals surface area (Å²) in [5.41, 5.74) is 5.84. The normalized spacial score (nSPS) is 25.7. The van der Waals surface area contributed by atoms with E-state index in [0.29, 0.717) is 19.2 Å². The first kappa shape index (κ1) is 15.5. The first-order valence-corrected chi connectivity index (χ1v) is 7.82. The number of rotatable bonds is 5. The van der Waals surface area contributed by atoms with Crippen molar-refractivity contribution in [2.24, 2.45) is 5.73 Å². The molecule has 2 atom stereocenters. The SMILES string of the molecule is CCCC(CN)N1CCN(C(=O)NC2CCOC2)CC1. The number of nitrogens with one attached hydrogen (secondary N) is 1. The van der Waals surface area contributed by atoms with Crippen LogP contribution in [0.15, 0.2) is 0 Å². The predicted octanol–water partition coefficient (Wildman–Crippen LogP) is 0.230.